The number of nitrogens with one attached hydrogen (secondary N) is 1. The van der Waals surface area contributed by atoms with Crippen LogP contribution in [0.2, 0.25) is 5.02 Å². The molecular formula is C24H23ClN2O3. The molecule has 2 amide bonds. The van der Waals surface area contributed by atoms with Crippen molar-refractivity contribution in [1.29, 1.82) is 0 Å². The number of hydrogen-bond donors (Lipinski definition) is 1. The molecule has 0 saturated heterocycles. The molecule has 0 aromatic heterocycles. The highest BCUT2D eigenvalue weighted by molar-refractivity contribution is 6.30. The van der Waals surface area contributed by atoms with E-state index in [1.54, 1.807) is 62.5 Å². The number of hydrogen-bond acceptors (Lipinski definition) is 3. The third-order valence-corrected chi connectivity index (χ3v) is 4.86. The molecule has 3 aromatic carbocycles. The molecule has 30 heavy (non-hydrogen) atoms. The molecule has 1 N–H and O–H groups in total. The van der Waals surface area contributed by atoms with Crippen molar-refractivity contribution in [3.05, 3.63) is 95.0 Å². The second-order valence-corrected chi connectivity index (χ2v) is 7.23. The molecule has 0 aliphatic heterocycles. The van der Waals surface area contributed by atoms with E-state index in [2.05, 4.69) is 5.32 Å². The van der Waals surface area contributed by atoms with Gasteiger partial charge in [0, 0.05) is 18.6 Å². The minimum Gasteiger partial charge on any atom is -0.481 e. The first-order valence-corrected chi connectivity index (χ1v) is 9.94. The van der Waals surface area contributed by atoms with Gasteiger partial charge in [0.15, 0.2) is 6.10 Å². The maximum absolute atomic E-state index is 12.9. The Balaban J connectivity index is 1.70. The van der Waals surface area contributed by atoms with Gasteiger partial charge in [-0.25, -0.2) is 0 Å². The second kappa shape index (κ2) is 9.94. The number of ether oxygens (including phenoxy) is 1. The maximum atomic E-state index is 12.9. The molecule has 0 fully saturated rings. The number of benzene rings is 3. The molecule has 0 aliphatic carbocycles. The molecule has 3 rings (SSSR count). The lowest BCUT2D eigenvalue weighted by atomic mass is 10.1. The molecule has 5 nitrogen and oxygen atoms in total. The Morgan fingerprint density at radius 1 is 0.967 bits per heavy atom. The largest absolute Gasteiger partial charge is 0.481 e. The Labute approximate surface area is 181 Å². The van der Waals surface area contributed by atoms with Crippen LogP contribution in [0, 0.1) is 0 Å². The van der Waals surface area contributed by atoms with Gasteiger partial charge in [-0.15, -0.1) is 0 Å². The topological polar surface area (TPSA) is 58.6 Å². The van der Waals surface area contributed by atoms with Gasteiger partial charge < -0.3 is 15.0 Å². The average molecular weight is 423 g/mol. The van der Waals surface area contributed by atoms with Crippen molar-refractivity contribution in [1.82, 2.24) is 5.32 Å². The number of likely N-dealkylation sites (N-methyl/N-ethyl adjacent to an activating group) is 1. The Morgan fingerprint density at radius 3 is 2.30 bits per heavy atom. The lowest BCUT2D eigenvalue weighted by Gasteiger charge is -2.24. The van der Waals surface area contributed by atoms with Crippen LogP contribution < -0.4 is 15.0 Å². The summed E-state index contributed by atoms with van der Waals surface area (Å²) in [6, 6.07) is 23.5. The first-order chi connectivity index (χ1) is 14.5. The summed E-state index contributed by atoms with van der Waals surface area (Å²) < 4.78 is 5.73. The van der Waals surface area contributed by atoms with Crippen LogP contribution >= 0.6 is 11.6 Å². The van der Waals surface area contributed by atoms with E-state index in [1.807, 2.05) is 30.3 Å². The van der Waals surface area contributed by atoms with E-state index in [0.29, 0.717) is 28.6 Å². The van der Waals surface area contributed by atoms with Gasteiger partial charge >= 0.3 is 0 Å². The fourth-order valence-electron chi connectivity index (χ4n) is 2.99. The fraction of sp³-hybridized carbons (Fsp3) is 0.167. The Kier molecular flexibility index (Phi) is 7.09. The number of para-hydroxylation sites is 1. The van der Waals surface area contributed by atoms with Crippen molar-refractivity contribution >= 4 is 29.1 Å². The van der Waals surface area contributed by atoms with Crippen molar-refractivity contribution in [3.8, 4) is 5.75 Å². The summed E-state index contributed by atoms with van der Waals surface area (Å²) in [4.78, 5) is 27.1. The van der Waals surface area contributed by atoms with Crippen LogP contribution in [-0.2, 0) is 11.3 Å². The van der Waals surface area contributed by atoms with E-state index in [-0.39, 0.29) is 11.8 Å². The lowest BCUT2D eigenvalue weighted by Crippen LogP contribution is -2.39. The summed E-state index contributed by atoms with van der Waals surface area (Å²) in [5.41, 5.74) is 1.93. The molecule has 0 bridgehead atoms. The first-order valence-electron chi connectivity index (χ1n) is 9.56. The number of anilines is 1. The molecular weight excluding hydrogens is 400 g/mol. The smallest absolute Gasteiger partial charge is 0.267 e. The third kappa shape index (κ3) is 5.39. The Bertz CT molecular complexity index is 1010. The highest BCUT2D eigenvalue weighted by Crippen LogP contribution is 2.22. The van der Waals surface area contributed by atoms with Crippen LogP contribution in [0.1, 0.15) is 22.8 Å². The van der Waals surface area contributed by atoms with Gasteiger partial charge in [0.05, 0.1) is 11.3 Å². The quantitative estimate of drug-likeness (QED) is 0.600. The van der Waals surface area contributed by atoms with Gasteiger partial charge in [-0.05, 0) is 48.9 Å². The number of halogens is 1. The van der Waals surface area contributed by atoms with E-state index in [4.69, 9.17) is 16.3 Å². The highest BCUT2D eigenvalue weighted by atomic mass is 35.5. The Hall–Kier alpha value is -3.31. The molecule has 0 aliphatic rings. The normalized spacial score (nSPS) is 11.4. The minimum atomic E-state index is -0.739. The average Bonchev–Trinajstić information content (AvgIpc) is 2.78. The van der Waals surface area contributed by atoms with Gasteiger partial charge in [-0.3, -0.25) is 9.59 Å². The van der Waals surface area contributed by atoms with Gasteiger partial charge in [-0.1, -0.05) is 54.1 Å². The van der Waals surface area contributed by atoms with Crippen LogP contribution in [0.4, 0.5) is 5.69 Å². The molecule has 1 unspecified atom stereocenters. The maximum Gasteiger partial charge on any atom is 0.267 e. The lowest BCUT2D eigenvalue weighted by molar-refractivity contribution is -0.124. The summed E-state index contributed by atoms with van der Waals surface area (Å²) in [5.74, 6) is 0.0242. The predicted octanol–water partition coefficient (Wildman–Crippen LogP) is 4.70. The minimum absolute atomic E-state index is 0.250. The zero-order valence-electron chi connectivity index (χ0n) is 16.8. The van der Waals surface area contributed by atoms with Crippen LogP contribution in [0.5, 0.6) is 5.75 Å². The molecule has 0 radical (unpaired) electrons. The molecule has 1 atom stereocenters. The van der Waals surface area contributed by atoms with Crippen molar-refractivity contribution in [2.75, 3.05) is 11.9 Å². The van der Waals surface area contributed by atoms with Crippen LogP contribution in [0.3, 0.4) is 0 Å². The van der Waals surface area contributed by atoms with Crippen molar-refractivity contribution in [3.63, 3.8) is 0 Å². The van der Waals surface area contributed by atoms with E-state index in [9.17, 15) is 9.59 Å². The standard InChI is InChI=1S/C24H23ClN2O3/c1-17(30-20-14-12-19(25)13-15-20)24(29)27(2)22-11-7-6-10-21(22)23(28)26-16-18-8-4-3-5-9-18/h3-15,17H,16H2,1-2H3,(H,26,28). The van der Waals surface area contributed by atoms with Crippen molar-refractivity contribution < 1.29 is 14.3 Å². The summed E-state index contributed by atoms with van der Waals surface area (Å²) in [5, 5.41) is 3.49. The molecule has 0 heterocycles. The van der Waals surface area contributed by atoms with Crippen LogP contribution in [0.15, 0.2) is 78.9 Å². The zero-order valence-corrected chi connectivity index (χ0v) is 17.6. The van der Waals surface area contributed by atoms with E-state index < -0.39 is 6.10 Å². The number of rotatable bonds is 7. The molecule has 3 aromatic rings. The van der Waals surface area contributed by atoms with Gasteiger partial charge in [0.25, 0.3) is 11.8 Å². The van der Waals surface area contributed by atoms with Crippen LogP contribution in [0.25, 0.3) is 0 Å². The van der Waals surface area contributed by atoms with Crippen molar-refractivity contribution in [2.45, 2.75) is 19.6 Å². The number of nitrogens with zero attached hydrogens (tertiary/aromatic N) is 1. The summed E-state index contributed by atoms with van der Waals surface area (Å²) >= 11 is 5.88. The van der Waals surface area contributed by atoms with E-state index >= 15 is 0 Å². The number of carbonyl (C=O) groups is 2. The number of amides is 2. The molecule has 0 spiro atoms. The predicted molar refractivity (Wildman–Crippen MR) is 119 cm³/mol. The third-order valence-electron chi connectivity index (χ3n) is 4.61. The highest BCUT2D eigenvalue weighted by Gasteiger charge is 2.24. The van der Waals surface area contributed by atoms with E-state index in [0.717, 1.165) is 5.56 Å². The summed E-state index contributed by atoms with van der Waals surface area (Å²) in [6.45, 7) is 2.08. The number of carbonyl (C=O) groups excluding carboxylic acids is 2. The van der Waals surface area contributed by atoms with Crippen LogP contribution in [-0.4, -0.2) is 25.0 Å². The zero-order chi connectivity index (χ0) is 21.5. The summed E-state index contributed by atoms with van der Waals surface area (Å²) in [7, 11) is 1.63. The van der Waals surface area contributed by atoms with Crippen molar-refractivity contribution in [2.24, 2.45) is 0 Å². The monoisotopic (exact) mass is 422 g/mol. The van der Waals surface area contributed by atoms with Gasteiger partial charge in [0.1, 0.15) is 5.75 Å². The summed E-state index contributed by atoms with van der Waals surface area (Å²) in [6.07, 6.45) is -0.739. The SMILES string of the molecule is CC(Oc1ccc(Cl)cc1)C(=O)N(C)c1ccccc1C(=O)NCc1ccccc1. The van der Waals surface area contributed by atoms with E-state index in [1.165, 1.54) is 4.90 Å². The van der Waals surface area contributed by atoms with Gasteiger partial charge in [-0.2, -0.15) is 0 Å². The molecule has 0 saturated carbocycles. The molecule has 6 heteroatoms. The fourth-order valence-corrected chi connectivity index (χ4v) is 3.12. The molecule has 154 valence electrons. The van der Waals surface area contributed by atoms with Gasteiger partial charge in [0.2, 0.25) is 0 Å². The Morgan fingerprint density at radius 2 is 1.60 bits per heavy atom. The first kappa shape index (κ1) is 21.4. The second-order valence-electron chi connectivity index (χ2n) is 6.80.